The molecule has 0 aliphatic rings. The first-order chi connectivity index (χ1) is 22.9. The number of hydrogen-bond acceptors (Lipinski definition) is 8. The molecule has 48 heavy (non-hydrogen) atoms. The van der Waals surface area contributed by atoms with Crippen molar-refractivity contribution in [2.75, 3.05) is 0 Å². The minimum absolute atomic E-state index is 0.0105. The Labute approximate surface area is 277 Å². The van der Waals surface area contributed by atoms with Crippen molar-refractivity contribution in [1.82, 2.24) is 0 Å². The van der Waals surface area contributed by atoms with Gasteiger partial charge in [-0.1, -0.05) is 61.7 Å². The van der Waals surface area contributed by atoms with Crippen molar-refractivity contribution in [2.45, 2.75) is 20.8 Å². The summed E-state index contributed by atoms with van der Waals surface area (Å²) in [7, 11) is 0. The maximum Gasteiger partial charge on any atom is 0.339 e. The molecule has 0 N–H and O–H groups in total. The monoisotopic (exact) mass is 646 g/mol. The van der Waals surface area contributed by atoms with Gasteiger partial charge in [-0.3, -0.25) is 0 Å². The third kappa shape index (κ3) is 9.58. The van der Waals surface area contributed by atoms with E-state index in [9.17, 15) is 23.6 Å². The van der Waals surface area contributed by atoms with Gasteiger partial charge >= 0.3 is 23.9 Å². The molecule has 0 unspecified atom stereocenters. The summed E-state index contributed by atoms with van der Waals surface area (Å²) in [5.74, 6) is -2.08. The Morgan fingerprint density at radius 2 is 0.979 bits per heavy atom. The highest BCUT2D eigenvalue weighted by Gasteiger charge is 2.12. The van der Waals surface area contributed by atoms with Gasteiger partial charge < -0.3 is 18.9 Å². The van der Waals surface area contributed by atoms with E-state index < -0.39 is 29.7 Å². The normalized spacial score (nSPS) is 11.0. The fraction of sp³-hybridized carbons (Fsp3) is 0.0769. The van der Waals surface area contributed by atoms with Crippen LogP contribution in [-0.2, 0) is 19.2 Å². The van der Waals surface area contributed by atoms with Crippen LogP contribution in [0.4, 0.5) is 4.39 Å². The molecule has 4 rings (SSSR count). The molecule has 0 aliphatic carbocycles. The molecule has 0 radical (unpaired) electrons. The number of allylic oxidation sites excluding steroid dienone is 2. The van der Waals surface area contributed by atoms with Crippen LogP contribution >= 0.6 is 0 Å². The molecule has 0 aliphatic heterocycles. The quantitative estimate of drug-likeness (QED) is 0.0696. The molecule has 0 bridgehead atoms. The lowest BCUT2D eigenvalue weighted by Gasteiger charge is -2.08. The Bertz CT molecular complexity index is 1930. The number of carbonyl (C=O) groups is 4. The van der Waals surface area contributed by atoms with Gasteiger partial charge in [0, 0.05) is 34.4 Å². The van der Waals surface area contributed by atoms with Crippen molar-refractivity contribution in [1.29, 1.82) is 0 Å². The second-order valence-corrected chi connectivity index (χ2v) is 10.6. The molecule has 0 saturated heterocycles. The van der Waals surface area contributed by atoms with Crippen LogP contribution in [0.2, 0.25) is 0 Å². The first kappa shape index (κ1) is 34.5. The lowest BCUT2D eigenvalue weighted by molar-refractivity contribution is -0.131. The Hall–Kier alpha value is -6.35. The topological polar surface area (TPSA) is 105 Å². The Morgan fingerprint density at radius 3 is 1.42 bits per heavy atom. The van der Waals surface area contributed by atoms with E-state index in [4.69, 9.17) is 18.9 Å². The minimum Gasteiger partial charge on any atom is -0.423 e. The molecule has 0 heterocycles. The maximum atomic E-state index is 14.8. The zero-order valence-electron chi connectivity index (χ0n) is 26.5. The predicted molar refractivity (Wildman–Crippen MR) is 179 cm³/mol. The summed E-state index contributed by atoms with van der Waals surface area (Å²) < 4.78 is 35.8. The highest BCUT2D eigenvalue weighted by Crippen LogP contribution is 2.29. The van der Waals surface area contributed by atoms with E-state index in [-0.39, 0.29) is 22.5 Å². The van der Waals surface area contributed by atoms with Gasteiger partial charge in [0.1, 0.15) is 28.8 Å². The first-order valence-corrected chi connectivity index (χ1v) is 14.5. The molecule has 8 nitrogen and oxygen atoms in total. The van der Waals surface area contributed by atoms with Crippen LogP contribution in [0.25, 0.3) is 22.3 Å². The number of carbonyl (C=O) groups excluding carboxylic acids is 4. The SMILES string of the molecule is C=C(C)C(=O)Oc1ccc(-c2ccc(OC(=O)/C(C)=C/C=C/C(=O)Oc3ccc(-c4ccc(OC(=O)C(=C)C)cc4)c(F)c3)cc2)cc1. The molecule has 0 atom stereocenters. The zero-order valence-corrected chi connectivity index (χ0v) is 26.5. The van der Waals surface area contributed by atoms with Crippen LogP contribution in [0, 0.1) is 5.82 Å². The third-order valence-electron chi connectivity index (χ3n) is 6.60. The van der Waals surface area contributed by atoms with Crippen molar-refractivity contribution in [3.8, 4) is 45.3 Å². The van der Waals surface area contributed by atoms with Crippen LogP contribution in [0.15, 0.2) is 139 Å². The molecule has 0 fully saturated rings. The predicted octanol–water partition coefficient (Wildman–Crippen LogP) is 8.14. The van der Waals surface area contributed by atoms with Gasteiger partial charge in [0.25, 0.3) is 0 Å². The van der Waals surface area contributed by atoms with E-state index in [1.165, 1.54) is 50.3 Å². The van der Waals surface area contributed by atoms with Crippen LogP contribution in [-0.4, -0.2) is 23.9 Å². The Balaban J connectivity index is 1.28. The third-order valence-corrected chi connectivity index (χ3v) is 6.60. The number of esters is 4. The minimum atomic E-state index is -0.777. The van der Waals surface area contributed by atoms with Gasteiger partial charge in [-0.15, -0.1) is 0 Å². The number of hydrogen-bond donors (Lipinski definition) is 0. The van der Waals surface area contributed by atoms with E-state index in [1.54, 1.807) is 67.6 Å². The van der Waals surface area contributed by atoms with Crippen molar-refractivity contribution in [3.05, 3.63) is 145 Å². The lowest BCUT2D eigenvalue weighted by Crippen LogP contribution is -2.09. The van der Waals surface area contributed by atoms with Gasteiger partial charge in [0.05, 0.1) is 0 Å². The second-order valence-electron chi connectivity index (χ2n) is 10.6. The Kier molecular flexibility index (Phi) is 11.3. The number of benzene rings is 4. The molecule has 0 saturated carbocycles. The molecule has 4 aromatic carbocycles. The molecule has 0 amide bonds. The van der Waals surface area contributed by atoms with Crippen molar-refractivity contribution >= 4 is 23.9 Å². The average molecular weight is 647 g/mol. The standard InChI is InChI=1S/C39H31FO8/c1-24(2)37(42)46-30-15-9-27(10-16-30)28-11-17-32(18-12-28)48-39(44)26(5)7-6-8-36(41)45-33-21-22-34(35(40)23-33)29-13-19-31(20-14-29)47-38(43)25(3)4/h6-23H,1,3H2,2,4-5H3/b8-6+,26-7+. The van der Waals surface area contributed by atoms with Crippen LogP contribution < -0.4 is 18.9 Å². The molecule has 4 aromatic rings. The van der Waals surface area contributed by atoms with Gasteiger partial charge in [-0.2, -0.15) is 0 Å². The van der Waals surface area contributed by atoms with Gasteiger partial charge in [0.2, 0.25) is 0 Å². The zero-order chi connectivity index (χ0) is 34.8. The Morgan fingerprint density at radius 1 is 0.562 bits per heavy atom. The van der Waals surface area contributed by atoms with Crippen LogP contribution in [0.3, 0.4) is 0 Å². The van der Waals surface area contributed by atoms with E-state index in [1.807, 2.05) is 0 Å². The summed E-state index contributed by atoms with van der Waals surface area (Å²) in [4.78, 5) is 48.2. The van der Waals surface area contributed by atoms with E-state index in [2.05, 4.69) is 13.2 Å². The van der Waals surface area contributed by atoms with Gasteiger partial charge in [-0.25, -0.2) is 23.6 Å². The van der Waals surface area contributed by atoms with Gasteiger partial charge in [0.15, 0.2) is 0 Å². The lowest BCUT2D eigenvalue weighted by atomic mass is 10.0. The summed E-state index contributed by atoms with van der Waals surface area (Å²) in [6.45, 7) is 11.7. The van der Waals surface area contributed by atoms with E-state index >= 15 is 0 Å². The van der Waals surface area contributed by atoms with E-state index in [0.29, 0.717) is 28.4 Å². The molecular formula is C39H31FO8. The fourth-order valence-corrected chi connectivity index (χ4v) is 3.99. The number of halogens is 1. The van der Waals surface area contributed by atoms with E-state index in [0.717, 1.165) is 23.3 Å². The molecule has 9 heteroatoms. The summed E-state index contributed by atoms with van der Waals surface area (Å²) >= 11 is 0. The summed E-state index contributed by atoms with van der Waals surface area (Å²) in [6, 6.07) is 24.0. The smallest absolute Gasteiger partial charge is 0.339 e. The van der Waals surface area contributed by atoms with Crippen LogP contribution in [0.5, 0.6) is 23.0 Å². The highest BCUT2D eigenvalue weighted by molar-refractivity contribution is 5.91. The van der Waals surface area contributed by atoms with Crippen molar-refractivity contribution in [2.24, 2.45) is 0 Å². The van der Waals surface area contributed by atoms with Crippen molar-refractivity contribution in [3.63, 3.8) is 0 Å². The molecule has 0 spiro atoms. The highest BCUT2D eigenvalue weighted by atomic mass is 19.1. The molecular weight excluding hydrogens is 615 g/mol. The maximum absolute atomic E-state index is 14.8. The van der Waals surface area contributed by atoms with Crippen LogP contribution in [0.1, 0.15) is 20.8 Å². The average Bonchev–Trinajstić information content (AvgIpc) is 3.06. The first-order valence-electron chi connectivity index (χ1n) is 14.5. The summed E-state index contributed by atoms with van der Waals surface area (Å²) in [5.41, 5.74) is 3.28. The molecule has 0 aromatic heterocycles. The molecule has 242 valence electrons. The second kappa shape index (κ2) is 15.8. The summed E-state index contributed by atoms with van der Waals surface area (Å²) in [5, 5.41) is 0. The van der Waals surface area contributed by atoms with Gasteiger partial charge in [-0.05, 0) is 86.0 Å². The number of rotatable bonds is 11. The fourth-order valence-electron chi connectivity index (χ4n) is 3.99. The van der Waals surface area contributed by atoms with Crippen molar-refractivity contribution < 1.29 is 42.5 Å². The summed E-state index contributed by atoms with van der Waals surface area (Å²) in [6.07, 6.45) is 3.81. The largest absolute Gasteiger partial charge is 0.423 e. The number of ether oxygens (including phenoxy) is 4.